The summed E-state index contributed by atoms with van der Waals surface area (Å²) in [5.74, 6) is -0.510. The zero-order chi connectivity index (χ0) is 20.7. The van der Waals surface area contributed by atoms with Crippen LogP contribution in [0.2, 0.25) is 0 Å². The summed E-state index contributed by atoms with van der Waals surface area (Å²) in [7, 11) is 0. The number of aromatic nitrogens is 2. The van der Waals surface area contributed by atoms with Crippen molar-refractivity contribution in [3.8, 4) is 5.69 Å². The zero-order valence-electron chi connectivity index (χ0n) is 16.3. The van der Waals surface area contributed by atoms with Crippen LogP contribution in [0, 0.1) is 0 Å². The lowest BCUT2D eigenvalue weighted by atomic mass is 9.99. The Bertz CT molecular complexity index is 1320. The Balaban J connectivity index is 1.63. The molecular formula is C25H20N2O3. The van der Waals surface area contributed by atoms with Crippen LogP contribution in [0.1, 0.15) is 45.9 Å². The van der Waals surface area contributed by atoms with Crippen molar-refractivity contribution in [1.29, 1.82) is 0 Å². The quantitative estimate of drug-likeness (QED) is 0.537. The van der Waals surface area contributed by atoms with E-state index in [2.05, 4.69) is 4.98 Å². The highest BCUT2D eigenvalue weighted by atomic mass is 16.4. The van der Waals surface area contributed by atoms with E-state index < -0.39 is 5.97 Å². The largest absolute Gasteiger partial charge is 0.478 e. The lowest BCUT2D eigenvalue weighted by Gasteiger charge is -2.14. The van der Waals surface area contributed by atoms with E-state index in [1.54, 1.807) is 16.7 Å². The van der Waals surface area contributed by atoms with E-state index in [1.165, 1.54) is 0 Å². The van der Waals surface area contributed by atoms with E-state index in [4.69, 9.17) is 0 Å². The van der Waals surface area contributed by atoms with E-state index in [9.17, 15) is 14.7 Å². The summed E-state index contributed by atoms with van der Waals surface area (Å²) in [5, 5.41) is 10.6. The van der Waals surface area contributed by atoms with Crippen molar-refractivity contribution in [2.24, 2.45) is 0 Å². The molecule has 0 saturated heterocycles. The van der Waals surface area contributed by atoms with E-state index in [0.717, 1.165) is 40.6 Å². The van der Waals surface area contributed by atoms with Crippen LogP contribution in [0.25, 0.3) is 16.6 Å². The fourth-order valence-electron chi connectivity index (χ4n) is 3.99. The van der Waals surface area contributed by atoms with E-state index >= 15 is 0 Å². The van der Waals surface area contributed by atoms with Gasteiger partial charge in [-0.2, -0.15) is 0 Å². The third-order valence-electron chi connectivity index (χ3n) is 5.67. The van der Waals surface area contributed by atoms with Crippen molar-refractivity contribution in [2.45, 2.75) is 25.2 Å². The molecule has 1 aliphatic carbocycles. The number of pyridine rings is 2. The van der Waals surface area contributed by atoms with Crippen LogP contribution in [0.4, 0.5) is 0 Å². The highest BCUT2D eigenvalue weighted by Gasteiger charge is 2.26. The first kappa shape index (κ1) is 18.3. The summed E-state index contributed by atoms with van der Waals surface area (Å²) < 4.78 is 1.68. The molecule has 5 heteroatoms. The van der Waals surface area contributed by atoms with Gasteiger partial charge in [-0.05, 0) is 60.2 Å². The summed E-state index contributed by atoms with van der Waals surface area (Å²) in [6.45, 7) is 0. The lowest BCUT2D eigenvalue weighted by molar-refractivity contribution is 0.0695. The molecule has 5 nitrogen and oxygen atoms in total. The van der Waals surface area contributed by atoms with Crippen molar-refractivity contribution in [1.82, 2.24) is 9.55 Å². The number of para-hydroxylation sites is 1. The van der Waals surface area contributed by atoms with Crippen molar-refractivity contribution in [2.75, 3.05) is 0 Å². The number of hydrogen-bond acceptors (Lipinski definition) is 3. The fourth-order valence-corrected chi connectivity index (χ4v) is 3.99. The first-order chi connectivity index (χ1) is 14.6. The Labute approximate surface area is 173 Å². The monoisotopic (exact) mass is 396 g/mol. The number of benzene rings is 2. The molecule has 2 heterocycles. The highest BCUT2D eigenvalue weighted by Crippen LogP contribution is 2.40. The van der Waals surface area contributed by atoms with Gasteiger partial charge in [0.05, 0.1) is 16.8 Å². The van der Waals surface area contributed by atoms with Crippen LogP contribution < -0.4 is 5.56 Å². The summed E-state index contributed by atoms with van der Waals surface area (Å²) >= 11 is 0. The van der Waals surface area contributed by atoms with Gasteiger partial charge in [0.2, 0.25) is 0 Å². The van der Waals surface area contributed by atoms with Crippen LogP contribution in [0.3, 0.4) is 0 Å². The van der Waals surface area contributed by atoms with Crippen molar-refractivity contribution in [3.05, 3.63) is 106 Å². The molecule has 5 rings (SSSR count). The van der Waals surface area contributed by atoms with Gasteiger partial charge in [0, 0.05) is 29.8 Å². The summed E-state index contributed by atoms with van der Waals surface area (Å²) in [6.07, 6.45) is 4.39. The molecule has 2 aromatic heterocycles. The van der Waals surface area contributed by atoms with Crippen LogP contribution in [-0.2, 0) is 6.42 Å². The van der Waals surface area contributed by atoms with E-state index in [-0.39, 0.29) is 11.1 Å². The molecule has 1 saturated carbocycles. The fraction of sp³-hybridized carbons (Fsp3) is 0.160. The predicted octanol–water partition coefficient (Wildman–Crippen LogP) is 4.55. The van der Waals surface area contributed by atoms with Gasteiger partial charge in [0.15, 0.2) is 0 Å². The van der Waals surface area contributed by atoms with Crippen molar-refractivity contribution in [3.63, 3.8) is 0 Å². The minimum Gasteiger partial charge on any atom is -0.478 e. The number of nitrogens with zero attached hydrogens (tertiary/aromatic N) is 2. The molecule has 148 valence electrons. The normalized spacial score (nSPS) is 13.5. The summed E-state index contributed by atoms with van der Waals surface area (Å²) in [6, 6.07) is 20.4. The standard InChI is InChI=1S/C25H20N2O3/c28-24-12-11-20-17(5-4-8-23(20)27(24)19-6-2-1-3-7-19)14-22-21(25(29)30)13-18(15-26-22)16-9-10-16/h1-8,11-13,15-16H,9-10,14H2,(H,29,30). The minimum atomic E-state index is -0.957. The topological polar surface area (TPSA) is 72.2 Å². The number of rotatable bonds is 5. The maximum absolute atomic E-state index is 12.6. The van der Waals surface area contributed by atoms with Crippen molar-refractivity contribution >= 4 is 16.9 Å². The molecule has 0 radical (unpaired) electrons. The van der Waals surface area contributed by atoms with Gasteiger partial charge in [-0.1, -0.05) is 30.3 Å². The molecule has 0 spiro atoms. The first-order valence-electron chi connectivity index (χ1n) is 10.0. The first-order valence-corrected chi connectivity index (χ1v) is 10.0. The second kappa shape index (κ2) is 7.26. The van der Waals surface area contributed by atoms with E-state index in [0.29, 0.717) is 18.0 Å². The second-order valence-electron chi connectivity index (χ2n) is 7.71. The molecular weight excluding hydrogens is 376 g/mol. The number of carbonyl (C=O) groups is 1. The van der Waals surface area contributed by atoms with E-state index in [1.807, 2.05) is 60.8 Å². The predicted molar refractivity (Wildman–Crippen MR) is 116 cm³/mol. The van der Waals surface area contributed by atoms with Gasteiger partial charge in [-0.25, -0.2) is 4.79 Å². The SMILES string of the molecule is O=C(O)c1cc(C2CC2)cnc1Cc1cccc2c1ccc(=O)n2-c1ccccc1. The molecule has 1 fully saturated rings. The lowest BCUT2D eigenvalue weighted by Crippen LogP contribution is -2.17. The zero-order valence-corrected chi connectivity index (χ0v) is 16.3. The number of carboxylic acids is 1. The van der Waals surface area contributed by atoms with Gasteiger partial charge in [0.1, 0.15) is 0 Å². The smallest absolute Gasteiger partial charge is 0.337 e. The Morgan fingerprint density at radius 3 is 2.57 bits per heavy atom. The molecule has 0 bridgehead atoms. The van der Waals surface area contributed by atoms with Crippen LogP contribution in [0.15, 0.2) is 77.7 Å². The molecule has 0 unspecified atom stereocenters. The third kappa shape index (κ3) is 3.28. The van der Waals surface area contributed by atoms with Crippen LogP contribution in [-0.4, -0.2) is 20.6 Å². The van der Waals surface area contributed by atoms with Gasteiger partial charge in [-0.3, -0.25) is 14.3 Å². The second-order valence-corrected chi connectivity index (χ2v) is 7.71. The molecule has 4 aromatic rings. The van der Waals surface area contributed by atoms with Crippen LogP contribution >= 0.6 is 0 Å². The minimum absolute atomic E-state index is 0.107. The molecule has 30 heavy (non-hydrogen) atoms. The Kier molecular flexibility index (Phi) is 4.43. The Hall–Kier alpha value is -3.73. The molecule has 1 aliphatic rings. The maximum atomic E-state index is 12.6. The van der Waals surface area contributed by atoms with Crippen molar-refractivity contribution < 1.29 is 9.90 Å². The number of hydrogen-bond donors (Lipinski definition) is 1. The number of carboxylic acid groups (broad SMARTS) is 1. The molecule has 0 aliphatic heterocycles. The van der Waals surface area contributed by atoms with Gasteiger partial charge >= 0.3 is 5.97 Å². The third-order valence-corrected chi connectivity index (χ3v) is 5.67. The number of fused-ring (bicyclic) bond motifs is 1. The average molecular weight is 396 g/mol. The number of aromatic carboxylic acids is 1. The van der Waals surface area contributed by atoms with Gasteiger partial charge in [-0.15, -0.1) is 0 Å². The van der Waals surface area contributed by atoms with Crippen LogP contribution in [0.5, 0.6) is 0 Å². The molecule has 1 N–H and O–H groups in total. The molecule has 0 amide bonds. The maximum Gasteiger partial charge on any atom is 0.337 e. The average Bonchev–Trinajstić information content (AvgIpc) is 3.60. The summed E-state index contributed by atoms with van der Waals surface area (Å²) in [5.41, 5.74) is 4.22. The Morgan fingerprint density at radius 2 is 1.83 bits per heavy atom. The molecule has 2 aromatic carbocycles. The highest BCUT2D eigenvalue weighted by molar-refractivity contribution is 5.90. The van der Waals surface area contributed by atoms with Gasteiger partial charge in [0.25, 0.3) is 5.56 Å². The summed E-state index contributed by atoms with van der Waals surface area (Å²) in [4.78, 5) is 29.0. The van der Waals surface area contributed by atoms with Gasteiger partial charge < -0.3 is 5.11 Å². The molecule has 0 atom stereocenters. The Morgan fingerprint density at radius 1 is 1.03 bits per heavy atom.